The predicted octanol–water partition coefficient (Wildman–Crippen LogP) is 1.40. The molecule has 1 saturated heterocycles. The summed E-state index contributed by atoms with van der Waals surface area (Å²) in [6.45, 7) is 7.05. The van der Waals surface area contributed by atoms with Crippen LogP contribution in [0, 0.1) is 0 Å². The lowest BCUT2D eigenvalue weighted by Crippen LogP contribution is -2.25. The quantitative estimate of drug-likeness (QED) is 0.576. The van der Waals surface area contributed by atoms with Gasteiger partial charge in [0.25, 0.3) is 0 Å². The maximum atomic E-state index is 11.0. The molecular formula is C8H13NO2. The number of amides is 1. The van der Waals surface area contributed by atoms with Gasteiger partial charge in [-0.2, -0.15) is 0 Å². The molecule has 0 aromatic rings. The first-order valence-corrected chi connectivity index (χ1v) is 3.86. The number of hydrogen-bond donors (Lipinski definition) is 0. The van der Waals surface area contributed by atoms with Gasteiger partial charge in [-0.3, -0.25) is 0 Å². The topological polar surface area (TPSA) is 29.5 Å². The molecular weight excluding hydrogens is 142 g/mol. The van der Waals surface area contributed by atoms with Crippen LogP contribution in [0.25, 0.3) is 0 Å². The second-order valence-electron chi connectivity index (χ2n) is 2.60. The Morgan fingerprint density at radius 3 is 3.09 bits per heavy atom. The van der Waals surface area contributed by atoms with E-state index in [4.69, 9.17) is 4.74 Å². The molecule has 1 rings (SSSR count). The smallest absolute Gasteiger partial charge is 0.410 e. The molecule has 0 aromatic heterocycles. The maximum absolute atomic E-state index is 11.0. The zero-order chi connectivity index (χ0) is 8.27. The Balaban J connectivity index is 2.44. The van der Waals surface area contributed by atoms with Gasteiger partial charge in [0.15, 0.2) is 0 Å². The lowest BCUT2D eigenvalue weighted by Gasteiger charge is -2.09. The minimum absolute atomic E-state index is 0.103. The summed E-state index contributed by atoms with van der Waals surface area (Å²) in [6, 6.07) is 0. The second kappa shape index (κ2) is 3.42. The molecule has 1 atom stereocenters. The summed E-state index contributed by atoms with van der Waals surface area (Å²) in [5.41, 5.74) is 0. The molecule has 3 nitrogen and oxygen atoms in total. The van der Waals surface area contributed by atoms with Crippen molar-refractivity contribution in [2.24, 2.45) is 0 Å². The highest BCUT2D eigenvalue weighted by Gasteiger charge is 2.27. The van der Waals surface area contributed by atoms with Crippen molar-refractivity contribution < 1.29 is 9.53 Å². The molecule has 11 heavy (non-hydrogen) atoms. The van der Waals surface area contributed by atoms with Crippen LogP contribution in [0.1, 0.15) is 13.3 Å². The fraction of sp³-hybridized carbons (Fsp3) is 0.625. The Morgan fingerprint density at radius 2 is 2.64 bits per heavy atom. The normalized spacial score (nSPS) is 23.5. The van der Waals surface area contributed by atoms with Crippen LogP contribution in [0.5, 0.6) is 0 Å². The largest absolute Gasteiger partial charge is 0.440 e. The lowest BCUT2D eigenvalue weighted by atomic mass is 10.3. The van der Waals surface area contributed by atoms with Gasteiger partial charge < -0.3 is 9.64 Å². The molecule has 1 aliphatic rings. The second-order valence-corrected chi connectivity index (χ2v) is 2.60. The predicted molar refractivity (Wildman–Crippen MR) is 42.3 cm³/mol. The summed E-state index contributed by atoms with van der Waals surface area (Å²) >= 11 is 0. The van der Waals surface area contributed by atoms with Gasteiger partial charge in [0.2, 0.25) is 0 Å². The van der Waals surface area contributed by atoms with Gasteiger partial charge >= 0.3 is 6.09 Å². The molecule has 1 aliphatic heterocycles. The number of hydrogen-bond acceptors (Lipinski definition) is 2. The van der Waals surface area contributed by atoms with E-state index in [0.29, 0.717) is 6.54 Å². The van der Waals surface area contributed by atoms with E-state index in [1.54, 1.807) is 11.0 Å². The highest BCUT2D eigenvalue weighted by atomic mass is 16.6. The Kier molecular flexibility index (Phi) is 2.52. The van der Waals surface area contributed by atoms with Crippen LogP contribution >= 0.6 is 0 Å². The molecule has 0 spiro atoms. The van der Waals surface area contributed by atoms with E-state index in [0.717, 1.165) is 13.0 Å². The average molecular weight is 155 g/mol. The van der Waals surface area contributed by atoms with Gasteiger partial charge in [0.1, 0.15) is 6.10 Å². The fourth-order valence-corrected chi connectivity index (χ4v) is 1.11. The van der Waals surface area contributed by atoms with E-state index in [-0.39, 0.29) is 12.2 Å². The molecule has 1 amide bonds. The first kappa shape index (κ1) is 8.11. The third-order valence-electron chi connectivity index (χ3n) is 1.67. The summed E-state index contributed by atoms with van der Waals surface area (Å²) in [6.07, 6.45) is 2.32. The zero-order valence-corrected chi connectivity index (χ0v) is 6.75. The molecule has 0 bridgehead atoms. The highest BCUT2D eigenvalue weighted by molar-refractivity contribution is 5.70. The van der Waals surface area contributed by atoms with Crippen molar-refractivity contribution in [2.45, 2.75) is 19.4 Å². The van der Waals surface area contributed by atoms with Crippen LogP contribution in [0.2, 0.25) is 0 Å². The van der Waals surface area contributed by atoms with Crippen LogP contribution in [-0.4, -0.2) is 30.2 Å². The van der Waals surface area contributed by atoms with Gasteiger partial charge in [-0.15, -0.1) is 0 Å². The lowest BCUT2D eigenvalue weighted by molar-refractivity contribution is 0.145. The van der Waals surface area contributed by atoms with Crippen molar-refractivity contribution in [3.05, 3.63) is 12.7 Å². The van der Waals surface area contributed by atoms with Gasteiger partial charge in [-0.05, 0) is 12.5 Å². The molecule has 1 unspecified atom stereocenters. The number of cyclic esters (lactones) is 1. The molecule has 0 N–H and O–H groups in total. The minimum atomic E-state index is -0.211. The van der Waals surface area contributed by atoms with Crippen LogP contribution in [0.15, 0.2) is 12.7 Å². The number of carbonyl (C=O) groups is 1. The van der Waals surface area contributed by atoms with E-state index in [2.05, 4.69) is 6.58 Å². The first-order chi connectivity index (χ1) is 5.27. The van der Waals surface area contributed by atoms with Crippen LogP contribution in [-0.2, 0) is 4.74 Å². The van der Waals surface area contributed by atoms with Crippen molar-refractivity contribution in [2.75, 3.05) is 13.1 Å². The Hall–Kier alpha value is -0.990. The molecule has 3 heteroatoms. The van der Waals surface area contributed by atoms with Crippen molar-refractivity contribution in [3.8, 4) is 0 Å². The summed E-state index contributed by atoms with van der Waals surface area (Å²) in [7, 11) is 0. The van der Waals surface area contributed by atoms with Crippen molar-refractivity contribution in [3.63, 3.8) is 0 Å². The van der Waals surface area contributed by atoms with E-state index < -0.39 is 0 Å². The fourth-order valence-electron chi connectivity index (χ4n) is 1.11. The molecule has 1 heterocycles. The summed E-state index contributed by atoms with van der Waals surface area (Å²) in [5.74, 6) is 0. The summed E-state index contributed by atoms with van der Waals surface area (Å²) in [4.78, 5) is 12.7. The summed E-state index contributed by atoms with van der Waals surface area (Å²) < 4.78 is 4.94. The molecule has 0 radical (unpaired) electrons. The van der Waals surface area contributed by atoms with Gasteiger partial charge in [-0.1, -0.05) is 13.5 Å². The van der Waals surface area contributed by atoms with Crippen molar-refractivity contribution in [1.82, 2.24) is 4.90 Å². The first-order valence-electron chi connectivity index (χ1n) is 3.86. The molecule has 0 aliphatic carbocycles. The molecule has 0 aromatic carbocycles. The van der Waals surface area contributed by atoms with Gasteiger partial charge in [-0.25, -0.2) is 4.79 Å². The van der Waals surface area contributed by atoms with Crippen LogP contribution < -0.4 is 0 Å². The van der Waals surface area contributed by atoms with Crippen molar-refractivity contribution >= 4 is 6.09 Å². The van der Waals surface area contributed by atoms with E-state index in [1.165, 1.54) is 0 Å². The average Bonchev–Trinajstić information content (AvgIpc) is 2.33. The van der Waals surface area contributed by atoms with Crippen molar-refractivity contribution in [1.29, 1.82) is 0 Å². The van der Waals surface area contributed by atoms with Gasteiger partial charge in [0, 0.05) is 6.54 Å². The summed E-state index contributed by atoms with van der Waals surface area (Å²) in [5, 5.41) is 0. The van der Waals surface area contributed by atoms with E-state index in [1.807, 2.05) is 6.92 Å². The Bertz CT molecular complexity index is 167. The number of nitrogens with zero attached hydrogens (tertiary/aromatic N) is 1. The Morgan fingerprint density at radius 1 is 1.91 bits per heavy atom. The number of carbonyl (C=O) groups excluding carboxylic acids is 1. The molecule has 1 fully saturated rings. The van der Waals surface area contributed by atoms with E-state index in [9.17, 15) is 4.79 Å². The highest BCUT2D eigenvalue weighted by Crippen LogP contribution is 2.11. The van der Waals surface area contributed by atoms with Crippen LogP contribution in [0.4, 0.5) is 4.79 Å². The van der Waals surface area contributed by atoms with E-state index >= 15 is 0 Å². The third kappa shape index (κ3) is 1.73. The molecule has 0 saturated carbocycles. The van der Waals surface area contributed by atoms with Crippen LogP contribution in [0.3, 0.4) is 0 Å². The maximum Gasteiger partial charge on any atom is 0.410 e. The number of ether oxygens (including phenoxy) is 1. The standard InChI is InChI=1S/C8H13NO2/c1-3-5-9-6-7(4-2)11-8(9)10/h4,7H,2-3,5-6H2,1H3. The Labute approximate surface area is 66.6 Å². The zero-order valence-electron chi connectivity index (χ0n) is 6.75. The third-order valence-corrected chi connectivity index (χ3v) is 1.67. The monoisotopic (exact) mass is 155 g/mol. The molecule has 62 valence electrons. The van der Waals surface area contributed by atoms with Gasteiger partial charge in [0.05, 0.1) is 6.54 Å². The SMILES string of the molecule is C=CC1CN(CCC)C(=O)O1. The minimum Gasteiger partial charge on any atom is -0.440 e. The number of rotatable bonds is 3.